The van der Waals surface area contributed by atoms with E-state index >= 15 is 0 Å². The van der Waals surface area contributed by atoms with Gasteiger partial charge in [0.05, 0.1) is 27.4 Å². The van der Waals surface area contributed by atoms with Crippen molar-refractivity contribution in [3.8, 4) is 11.8 Å². The van der Waals surface area contributed by atoms with Crippen LogP contribution in [0.25, 0.3) is 5.69 Å². The topological polar surface area (TPSA) is 70.7 Å². The summed E-state index contributed by atoms with van der Waals surface area (Å²) in [7, 11) is 0. The molecule has 1 heterocycles. The number of anilines is 1. The first-order valence-electron chi connectivity index (χ1n) is 7.31. The molecule has 5 nitrogen and oxygen atoms in total. The fraction of sp³-hybridized carbons (Fsp3) is 0.0556. The van der Waals surface area contributed by atoms with Gasteiger partial charge in [-0.3, -0.25) is 4.79 Å². The smallest absolute Gasteiger partial charge is 0.256 e. The first-order chi connectivity index (χ1) is 12.0. The molecule has 3 aromatic rings. The molecule has 7 heteroatoms. The van der Waals surface area contributed by atoms with Crippen molar-refractivity contribution in [2.24, 2.45) is 0 Å². The maximum Gasteiger partial charge on any atom is 0.256 e. The SMILES string of the molecule is Cc1cc(NC(=O)c2ccc(Cl)c(Cl)c2)nn1-c1ccc(C#N)cc1. The van der Waals surface area contributed by atoms with E-state index in [-0.39, 0.29) is 5.91 Å². The number of hydrogen-bond donors (Lipinski definition) is 1. The van der Waals surface area contributed by atoms with E-state index in [1.807, 2.05) is 6.92 Å². The molecule has 0 radical (unpaired) electrons. The van der Waals surface area contributed by atoms with Crippen molar-refractivity contribution in [3.05, 3.63) is 75.4 Å². The van der Waals surface area contributed by atoms with Gasteiger partial charge in [-0.15, -0.1) is 5.10 Å². The van der Waals surface area contributed by atoms with E-state index in [9.17, 15) is 4.79 Å². The molecule has 0 aliphatic rings. The van der Waals surface area contributed by atoms with E-state index in [2.05, 4.69) is 16.5 Å². The Labute approximate surface area is 154 Å². The van der Waals surface area contributed by atoms with Crippen LogP contribution in [0, 0.1) is 18.3 Å². The number of rotatable bonds is 3. The number of nitrogens with zero attached hydrogens (tertiary/aromatic N) is 3. The zero-order valence-corrected chi connectivity index (χ0v) is 14.6. The predicted octanol–water partition coefficient (Wildman–Crippen LogP) is 4.61. The zero-order chi connectivity index (χ0) is 18.0. The number of carbonyl (C=O) groups excluding carboxylic acids is 1. The predicted molar refractivity (Wildman–Crippen MR) is 97.4 cm³/mol. The van der Waals surface area contributed by atoms with Crippen LogP contribution in [-0.4, -0.2) is 15.7 Å². The van der Waals surface area contributed by atoms with Crippen LogP contribution in [0.15, 0.2) is 48.5 Å². The van der Waals surface area contributed by atoms with Crippen molar-refractivity contribution in [3.63, 3.8) is 0 Å². The highest BCUT2D eigenvalue weighted by atomic mass is 35.5. The van der Waals surface area contributed by atoms with E-state index in [0.29, 0.717) is 27.0 Å². The van der Waals surface area contributed by atoms with Crippen LogP contribution in [0.3, 0.4) is 0 Å². The van der Waals surface area contributed by atoms with Crippen LogP contribution in [0.2, 0.25) is 10.0 Å². The minimum atomic E-state index is -0.331. The van der Waals surface area contributed by atoms with Gasteiger partial charge >= 0.3 is 0 Å². The van der Waals surface area contributed by atoms with Crippen LogP contribution in [-0.2, 0) is 0 Å². The summed E-state index contributed by atoms with van der Waals surface area (Å²) in [6.07, 6.45) is 0. The van der Waals surface area contributed by atoms with E-state index in [1.165, 1.54) is 6.07 Å². The van der Waals surface area contributed by atoms with Crippen molar-refractivity contribution in [1.82, 2.24) is 9.78 Å². The first kappa shape index (κ1) is 17.0. The molecule has 1 N–H and O–H groups in total. The number of nitrogens with one attached hydrogen (secondary N) is 1. The van der Waals surface area contributed by atoms with Gasteiger partial charge in [-0.25, -0.2) is 4.68 Å². The third-order valence-corrected chi connectivity index (χ3v) is 4.29. The quantitative estimate of drug-likeness (QED) is 0.731. The molecule has 2 aromatic carbocycles. The van der Waals surface area contributed by atoms with E-state index in [0.717, 1.165) is 11.4 Å². The average Bonchev–Trinajstić information content (AvgIpc) is 2.97. The molecule has 3 rings (SSSR count). The van der Waals surface area contributed by atoms with E-state index < -0.39 is 0 Å². The molecule has 1 aromatic heterocycles. The fourth-order valence-electron chi connectivity index (χ4n) is 2.30. The van der Waals surface area contributed by atoms with Crippen molar-refractivity contribution in [2.45, 2.75) is 6.92 Å². The van der Waals surface area contributed by atoms with Crippen molar-refractivity contribution >= 4 is 34.9 Å². The summed E-state index contributed by atoms with van der Waals surface area (Å²) in [5.41, 5.74) is 2.60. The van der Waals surface area contributed by atoms with Crippen LogP contribution in [0.5, 0.6) is 0 Å². The highest BCUT2D eigenvalue weighted by Gasteiger charge is 2.12. The number of nitriles is 1. The van der Waals surface area contributed by atoms with E-state index in [4.69, 9.17) is 28.5 Å². The van der Waals surface area contributed by atoms with Crippen LogP contribution < -0.4 is 5.32 Å². The number of aryl methyl sites for hydroxylation is 1. The lowest BCUT2D eigenvalue weighted by Gasteiger charge is -2.05. The molecule has 0 saturated heterocycles. The second-order valence-electron chi connectivity index (χ2n) is 5.32. The Morgan fingerprint density at radius 1 is 1.12 bits per heavy atom. The van der Waals surface area contributed by atoms with Gasteiger partial charge in [0.25, 0.3) is 5.91 Å². The Morgan fingerprint density at radius 2 is 1.84 bits per heavy atom. The lowest BCUT2D eigenvalue weighted by Crippen LogP contribution is -2.12. The summed E-state index contributed by atoms with van der Waals surface area (Å²) in [4.78, 5) is 12.3. The number of amides is 1. The summed E-state index contributed by atoms with van der Waals surface area (Å²) in [6.45, 7) is 1.88. The van der Waals surface area contributed by atoms with Gasteiger partial charge in [0.2, 0.25) is 0 Å². The number of benzene rings is 2. The third-order valence-electron chi connectivity index (χ3n) is 3.55. The average molecular weight is 371 g/mol. The summed E-state index contributed by atoms with van der Waals surface area (Å²) in [5.74, 6) is 0.0842. The molecule has 0 saturated carbocycles. The zero-order valence-electron chi connectivity index (χ0n) is 13.1. The van der Waals surface area contributed by atoms with Crippen molar-refractivity contribution in [1.29, 1.82) is 5.26 Å². The molecule has 0 bridgehead atoms. The Bertz CT molecular complexity index is 987. The number of hydrogen-bond acceptors (Lipinski definition) is 3. The molecule has 1 amide bonds. The summed E-state index contributed by atoms with van der Waals surface area (Å²) < 4.78 is 1.69. The monoisotopic (exact) mass is 370 g/mol. The molecular weight excluding hydrogens is 359 g/mol. The standard InChI is InChI=1S/C18H12Cl2N4O/c1-11-8-17(22-18(25)13-4-7-15(19)16(20)9-13)23-24(11)14-5-2-12(10-21)3-6-14/h2-9H,1H3,(H,22,23,25). The molecule has 0 spiro atoms. The number of halogens is 2. The second-order valence-corrected chi connectivity index (χ2v) is 6.14. The minimum Gasteiger partial charge on any atom is -0.305 e. The van der Waals surface area contributed by atoms with Gasteiger partial charge in [0.15, 0.2) is 5.82 Å². The number of carbonyl (C=O) groups is 1. The van der Waals surface area contributed by atoms with Crippen molar-refractivity contribution in [2.75, 3.05) is 5.32 Å². The molecule has 0 unspecified atom stereocenters. The summed E-state index contributed by atoms with van der Waals surface area (Å²) >= 11 is 11.8. The van der Waals surface area contributed by atoms with Crippen LogP contribution in [0.4, 0.5) is 5.82 Å². The maximum atomic E-state index is 12.3. The molecular formula is C18H12Cl2N4O. The molecule has 25 heavy (non-hydrogen) atoms. The Balaban J connectivity index is 1.83. The number of aromatic nitrogens is 2. The molecule has 0 atom stereocenters. The first-order valence-corrected chi connectivity index (χ1v) is 8.07. The molecule has 0 fully saturated rings. The van der Waals surface area contributed by atoms with Crippen LogP contribution >= 0.6 is 23.2 Å². The van der Waals surface area contributed by atoms with Crippen LogP contribution in [0.1, 0.15) is 21.6 Å². The maximum absolute atomic E-state index is 12.3. The molecule has 0 aliphatic carbocycles. The Hall–Kier alpha value is -2.81. The highest BCUT2D eigenvalue weighted by Crippen LogP contribution is 2.23. The Kier molecular flexibility index (Phi) is 4.75. The fourth-order valence-corrected chi connectivity index (χ4v) is 2.60. The minimum absolute atomic E-state index is 0.314. The molecule has 0 aliphatic heterocycles. The molecule has 124 valence electrons. The Morgan fingerprint density at radius 3 is 2.48 bits per heavy atom. The van der Waals surface area contributed by atoms with Gasteiger partial charge in [0.1, 0.15) is 0 Å². The lowest BCUT2D eigenvalue weighted by molar-refractivity contribution is 0.102. The third kappa shape index (κ3) is 3.66. The summed E-state index contributed by atoms with van der Waals surface area (Å²) in [6, 6.07) is 15.5. The highest BCUT2D eigenvalue weighted by molar-refractivity contribution is 6.42. The largest absolute Gasteiger partial charge is 0.305 e. The van der Waals surface area contributed by atoms with Gasteiger partial charge in [-0.1, -0.05) is 23.2 Å². The normalized spacial score (nSPS) is 10.3. The van der Waals surface area contributed by atoms with E-state index in [1.54, 1.807) is 47.1 Å². The van der Waals surface area contributed by atoms with Gasteiger partial charge in [-0.2, -0.15) is 5.26 Å². The second kappa shape index (κ2) is 6.98. The lowest BCUT2D eigenvalue weighted by atomic mass is 10.2. The van der Waals surface area contributed by atoms with Gasteiger partial charge in [0, 0.05) is 17.3 Å². The van der Waals surface area contributed by atoms with Crippen molar-refractivity contribution < 1.29 is 4.79 Å². The van der Waals surface area contributed by atoms with Gasteiger partial charge in [-0.05, 0) is 49.4 Å². The van der Waals surface area contributed by atoms with Gasteiger partial charge < -0.3 is 5.32 Å². The summed E-state index contributed by atoms with van der Waals surface area (Å²) in [5, 5.41) is 16.7.